The Balaban J connectivity index is 1.62. The van der Waals surface area contributed by atoms with Gasteiger partial charge in [0.05, 0.1) is 16.4 Å². The molecule has 0 spiro atoms. The highest BCUT2D eigenvalue weighted by atomic mass is 35.5. The van der Waals surface area contributed by atoms with Gasteiger partial charge in [0.25, 0.3) is 0 Å². The van der Waals surface area contributed by atoms with Crippen molar-refractivity contribution in [1.82, 2.24) is 4.72 Å². The first kappa shape index (κ1) is 26.9. The minimum atomic E-state index is -4.05. The summed E-state index contributed by atoms with van der Waals surface area (Å²) in [5.41, 5.74) is 1.38. The number of rotatable bonds is 7. The molecule has 0 amide bonds. The first-order valence-electron chi connectivity index (χ1n) is 12.2. The number of hydrogen-bond donors (Lipinski definition) is 1. The summed E-state index contributed by atoms with van der Waals surface area (Å²) in [5.74, 6) is -1.29. The van der Waals surface area contributed by atoms with Crippen LogP contribution in [0.25, 0.3) is 0 Å². The van der Waals surface area contributed by atoms with Crippen LogP contribution >= 0.6 is 11.6 Å². The molecule has 8 heteroatoms. The molecule has 0 radical (unpaired) electrons. The van der Waals surface area contributed by atoms with E-state index in [1.807, 2.05) is 6.92 Å². The number of allylic oxidation sites excluding steroid dienone is 1. The molecule has 0 fully saturated rings. The lowest BCUT2D eigenvalue weighted by atomic mass is 9.70. The molecule has 4 aromatic carbocycles. The number of carbonyl (C=O) groups excluding carboxylic acids is 1. The van der Waals surface area contributed by atoms with Crippen LogP contribution < -0.4 is 4.72 Å². The average molecular weight is 564 g/mol. The molecule has 0 heterocycles. The molecule has 0 unspecified atom stereocenters. The van der Waals surface area contributed by atoms with Gasteiger partial charge in [-0.1, -0.05) is 71.8 Å². The van der Waals surface area contributed by atoms with E-state index in [0.29, 0.717) is 21.7 Å². The van der Waals surface area contributed by atoms with Crippen molar-refractivity contribution in [1.29, 1.82) is 0 Å². The lowest BCUT2D eigenvalue weighted by Crippen LogP contribution is -2.38. The van der Waals surface area contributed by atoms with E-state index < -0.39 is 33.1 Å². The third-order valence-electron chi connectivity index (χ3n) is 7.07. The first-order chi connectivity index (χ1) is 18.6. The zero-order valence-electron chi connectivity index (χ0n) is 20.9. The largest absolute Gasteiger partial charge is 0.293 e. The van der Waals surface area contributed by atoms with Gasteiger partial charge in [-0.05, 0) is 78.6 Å². The highest BCUT2D eigenvalue weighted by Crippen LogP contribution is 2.46. The summed E-state index contributed by atoms with van der Waals surface area (Å²) >= 11 is 6.10. The number of sulfonamides is 1. The molecule has 1 aliphatic carbocycles. The zero-order chi connectivity index (χ0) is 27.8. The van der Waals surface area contributed by atoms with Crippen LogP contribution in [0.1, 0.15) is 34.7 Å². The van der Waals surface area contributed by atoms with Crippen molar-refractivity contribution in [2.75, 3.05) is 0 Å². The molecular formula is C31H24ClF2NO3S. The summed E-state index contributed by atoms with van der Waals surface area (Å²) in [6.45, 7) is 1.85. The van der Waals surface area contributed by atoms with Crippen molar-refractivity contribution in [2.24, 2.45) is 0 Å². The van der Waals surface area contributed by atoms with E-state index in [1.54, 1.807) is 42.5 Å². The van der Waals surface area contributed by atoms with Gasteiger partial charge in [0.2, 0.25) is 10.0 Å². The van der Waals surface area contributed by atoms with Crippen molar-refractivity contribution in [3.8, 4) is 0 Å². The minimum absolute atomic E-state index is 0.0569. The van der Waals surface area contributed by atoms with Gasteiger partial charge in [-0.15, -0.1) is 0 Å². The maximum absolute atomic E-state index is 14.4. The molecular weight excluding hydrogens is 540 g/mol. The van der Waals surface area contributed by atoms with Crippen LogP contribution in [-0.4, -0.2) is 14.2 Å². The SMILES string of the molecule is Cc1ccc(S(=O)(=O)N[C@H](C2=CCC(c3ccc(F)cc3)(c3ccc(F)cc3)C2=O)c2ccc(Cl)cc2)cc1. The van der Waals surface area contributed by atoms with E-state index >= 15 is 0 Å². The zero-order valence-corrected chi connectivity index (χ0v) is 22.4. The van der Waals surface area contributed by atoms with Crippen LogP contribution in [0.5, 0.6) is 0 Å². The number of carbonyl (C=O) groups is 1. The van der Waals surface area contributed by atoms with E-state index in [9.17, 15) is 22.0 Å². The summed E-state index contributed by atoms with van der Waals surface area (Å²) in [4.78, 5) is 14.5. The number of hydrogen-bond acceptors (Lipinski definition) is 3. The van der Waals surface area contributed by atoms with Crippen LogP contribution in [0, 0.1) is 18.6 Å². The Morgan fingerprint density at radius 1 is 0.795 bits per heavy atom. The van der Waals surface area contributed by atoms with Crippen molar-refractivity contribution >= 4 is 27.4 Å². The van der Waals surface area contributed by atoms with Crippen LogP contribution in [0.4, 0.5) is 8.78 Å². The molecule has 39 heavy (non-hydrogen) atoms. The molecule has 4 nitrogen and oxygen atoms in total. The average Bonchev–Trinajstić information content (AvgIpc) is 3.26. The molecule has 5 rings (SSSR count). The molecule has 0 aliphatic heterocycles. The predicted octanol–water partition coefficient (Wildman–Crippen LogP) is 6.83. The number of ketones is 1. The smallest absolute Gasteiger partial charge is 0.241 e. The number of aryl methyl sites for hydroxylation is 1. The van der Waals surface area contributed by atoms with E-state index in [4.69, 9.17) is 11.6 Å². The van der Waals surface area contributed by atoms with Gasteiger partial charge in [-0.2, -0.15) is 4.72 Å². The Hall–Kier alpha value is -3.65. The molecule has 198 valence electrons. The normalized spacial score (nSPS) is 15.7. The summed E-state index contributed by atoms with van der Waals surface area (Å²) in [5, 5.41) is 0.456. The maximum atomic E-state index is 14.4. The van der Waals surface area contributed by atoms with E-state index in [1.165, 1.54) is 60.7 Å². The van der Waals surface area contributed by atoms with E-state index in [0.717, 1.165) is 5.56 Å². The molecule has 1 atom stereocenters. The summed E-state index contributed by atoms with van der Waals surface area (Å²) in [7, 11) is -4.05. The van der Waals surface area contributed by atoms with E-state index in [2.05, 4.69) is 4.72 Å². The third-order valence-corrected chi connectivity index (χ3v) is 8.76. The van der Waals surface area contributed by atoms with Gasteiger partial charge >= 0.3 is 0 Å². The maximum Gasteiger partial charge on any atom is 0.241 e. The van der Waals surface area contributed by atoms with Crippen molar-refractivity contribution in [2.45, 2.75) is 29.7 Å². The fraction of sp³-hybridized carbons (Fsp3) is 0.129. The summed E-state index contributed by atoms with van der Waals surface area (Å²) in [6.07, 6.45) is 1.88. The lowest BCUT2D eigenvalue weighted by molar-refractivity contribution is -0.119. The van der Waals surface area contributed by atoms with Crippen molar-refractivity contribution in [3.63, 3.8) is 0 Å². The Morgan fingerprint density at radius 3 is 1.82 bits per heavy atom. The fourth-order valence-electron chi connectivity index (χ4n) is 4.98. The quantitative estimate of drug-likeness (QED) is 0.268. The molecule has 1 aliphatic rings. The van der Waals surface area contributed by atoms with Crippen LogP contribution in [0.3, 0.4) is 0 Å². The molecule has 0 aromatic heterocycles. The second-order valence-electron chi connectivity index (χ2n) is 9.53. The Morgan fingerprint density at radius 2 is 1.31 bits per heavy atom. The minimum Gasteiger partial charge on any atom is -0.293 e. The van der Waals surface area contributed by atoms with Gasteiger partial charge < -0.3 is 0 Å². The molecule has 4 aromatic rings. The van der Waals surface area contributed by atoms with Gasteiger partial charge in [0.15, 0.2) is 5.78 Å². The fourth-order valence-corrected chi connectivity index (χ4v) is 6.31. The Kier molecular flexibility index (Phi) is 7.25. The predicted molar refractivity (Wildman–Crippen MR) is 147 cm³/mol. The Bertz CT molecular complexity index is 1600. The van der Waals surface area contributed by atoms with E-state index in [-0.39, 0.29) is 22.7 Å². The summed E-state index contributed by atoms with van der Waals surface area (Å²) < 4.78 is 57.4. The number of Topliss-reactive ketones (excluding diaryl/α,β-unsaturated/α-hetero) is 1. The molecule has 0 saturated heterocycles. The van der Waals surface area contributed by atoms with Crippen molar-refractivity contribution < 1.29 is 22.0 Å². The third kappa shape index (κ3) is 5.17. The number of nitrogens with one attached hydrogen (secondary N) is 1. The van der Waals surface area contributed by atoms with Crippen LogP contribution in [-0.2, 0) is 20.2 Å². The van der Waals surface area contributed by atoms with Crippen LogP contribution in [0.2, 0.25) is 5.02 Å². The number of benzene rings is 4. The second kappa shape index (κ2) is 10.5. The molecule has 0 saturated carbocycles. The lowest BCUT2D eigenvalue weighted by Gasteiger charge is -2.31. The first-order valence-corrected chi connectivity index (χ1v) is 14.1. The van der Waals surface area contributed by atoms with Gasteiger partial charge in [-0.3, -0.25) is 4.79 Å². The highest BCUT2D eigenvalue weighted by Gasteiger charge is 2.48. The van der Waals surface area contributed by atoms with Crippen LogP contribution in [0.15, 0.2) is 114 Å². The Labute approximate surface area is 231 Å². The number of halogens is 3. The summed E-state index contributed by atoms with van der Waals surface area (Å²) in [6, 6.07) is 23.1. The van der Waals surface area contributed by atoms with Gasteiger partial charge in [0.1, 0.15) is 11.6 Å². The molecule has 1 N–H and O–H groups in total. The standard InChI is InChI=1S/C31H24ClF2NO3S/c1-20-2-16-27(17-3-20)39(37,38)35-29(21-4-10-24(32)11-5-21)28-18-19-31(30(28)36,22-6-12-25(33)13-7-22)23-8-14-26(34)15-9-23/h2-18,29,35H,19H2,1H3/t29-/m0/s1. The van der Waals surface area contributed by atoms with Gasteiger partial charge in [0, 0.05) is 10.6 Å². The topological polar surface area (TPSA) is 63.2 Å². The molecule has 0 bridgehead atoms. The highest BCUT2D eigenvalue weighted by molar-refractivity contribution is 7.89. The monoisotopic (exact) mass is 563 g/mol. The van der Waals surface area contributed by atoms with Crippen molar-refractivity contribution in [3.05, 3.63) is 148 Å². The second-order valence-corrected chi connectivity index (χ2v) is 11.7. The van der Waals surface area contributed by atoms with Gasteiger partial charge in [-0.25, -0.2) is 17.2 Å².